The molecule has 1 N–H and O–H groups in total. The molecular weight excluding hydrogens is 330 g/mol. The Morgan fingerprint density at radius 3 is 2.26 bits per heavy atom. The van der Waals surface area contributed by atoms with Gasteiger partial charge in [0.15, 0.2) is 0 Å². The van der Waals surface area contributed by atoms with Gasteiger partial charge in [0.25, 0.3) is 5.91 Å². The van der Waals surface area contributed by atoms with E-state index in [1.807, 2.05) is 67.6 Å². The molecule has 2 aromatic rings. The van der Waals surface area contributed by atoms with Crippen LogP contribution < -0.4 is 5.32 Å². The molecule has 0 spiro atoms. The van der Waals surface area contributed by atoms with Crippen LogP contribution in [0, 0.1) is 0 Å². The Morgan fingerprint density at radius 1 is 1.13 bits per heavy atom. The molecule has 120 valence electrons. The van der Waals surface area contributed by atoms with E-state index in [1.54, 1.807) is 0 Å². The lowest BCUT2D eigenvalue weighted by atomic mass is 10.1. The van der Waals surface area contributed by atoms with Gasteiger partial charge >= 0.3 is 0 Å². The van der Waals surface area contributed by atoms with Gasteiger partial charge in [-0.15, -0.1) is 0 Å². The molecule has 1 unspecified atom stereocenters. The fourth-order valence-corrected chi connectivity index (χ4v) is 3.51. The van der Waals surface area contributed by atoms with Crippen molar-refractivity contribution in [2.45, 2.75) is 18.7 Å². The molecule has 0 heterocycles. The highest BCUT2D eigenvalue weighted by Gasteiger charge is 2.19. The highest BCUT2D eigenvalue weighted by molar-refractivity contribution is 7.89. The van der Waals surface area contributed by atoms with E-state index >= 15 is 0 Å². The van der Waals surface area contributed by atoms with Gasteiger partial charge in [0.05, 0.1) is 22.6 Å². The van der Waals surface area contributed by atoms with Gasteiger partial charge in [-0.05, 0) is 18.1 Å². The maximum absolute atomic E-state index is 12.4. The fraction of sp³-hybridized carbons (Fsp3) is 0.167. The zero-order valence-corrected chi connectivity index (χ0v) is 14.3. The van der Waals surface area contributed by atoms with E-state index in [0.717, 1.165) is 16.7 Å². The monoisotopic (exact) mass is 347 g/mol. The van der Waals surface area contributed by atoms with Crippen molar-refractivity contribution in [3.63, 3.8) is 0 Å². The number of carbonyl (C=O) groups is 1. The molecule has 23 heavy (non-hydrogen) atoms. The van der Waals surface area contributed by atoms with Crippen LogP contribution >= 0.6 is 11.6 Å². The maximum atomic E-state index is 12.4. The molecule has 1 amide bonds. The number of carbonyl (C=O) groups excluding carboxylic acids is 1. The van der Waals surface area contributed by atoms with Crippen LogP contribution in [0.2, 0.25) is 0 Å². The molecule has 0 bridgehead atoms. The van der Waals surface area contributed by atoms with Crippen molar-refractivity contribution in [1.29, 1.82) is 0 Å². The molecule has 0 aliphatic heterocycles. The van der Waals surface area contributed by atoms with Gasteiger partial charge in [0.2, 0.25) is 0 Å². The molecule has 0 aliphatic rings. The van der Waals surface area contributed by atoms with Crippen molar-refractivity contribution in [3.8, 4) is 0 Å². The average Bonchev–Trinajstić information content (AvgIpc) is 2.57. The smallest absolute Gasteiger partial charge is 0.261 e. The van der Waals surface area contributed by atoms with Crippen LogP contribution in [0.25, 0.3) is 0 Å². The van der Waals surface area contributed by atoms with Crippen LogP contribution in [0.4, 0.5) is 0 Å². The molecule has 2 atom stereocenters. The van der Waals surface area contributed by atoms with Crippen LogP contribution in [-0.2, 0) is 21.3 Å². The average molecular weight is 348 g/mol. The second-order valence-electron chi connectivity index (χ2n) is 5.05. The zero-order chi connectivity index (χ0) is 16.7. The van der Waals surface area contributed by atoms with E-state index in [1.165, 1.54) is 0 Å². The molecule has 0 saturated heterocycles. The Balaban J connectivity index is 2.03. The van der Waals surface area contributed by atoms with Crippen LogP contribution in [0.15, 0.2) is 71.1 Å². The molecule has 0 aliphatic carbocycles. The second kappa shape index (κ2) is 8.65. The summed E-state index contributed by atoms with van der Waals surface area (Å²) in [5.74, 6) is -0.155. The van der Waals surface area contributed by atoms with E-state index in [-0.39, 0.29) is 16.7 Å². The van der Waals surface area contributed by atoms with Gasteiger partial charge in [0.1, 0.15) is 4.91 Å². The topological polar surface area (TPSA) is 46.2 Å². The molecule has 2 aromatic carbocycles. The van der Waals surface area contributed by atoms with Crippen molar-refractivity contribution >= 4 is 28.3 Å². The summed E-state index contributed by atoms with van der Waals surface area (Å²) in [6.45, 7) is 1.87. The van der Waals surface area contributed by atoms with Crippen molar-refractivity contribution < 1.29 is 9.00 Å². The van der Waals surface area contributed by atoms with Crippen molar-refractivity contribution in [2.24, 2.45) is 0 Å². The maximum Gasteiger partial charge on any atom is 0.261 e. The Hall–Kier alpha value is -1.91. The lowest BCUT2D eigenvalue weighted by Gasteiger charge is -2.15. The molecule has 0 fully saturated rings. The first-order valence-corrected chi connectivity index (χ1v) is 8.96. The SMILES string of the molecule is C[C@@H](NC(=O)/C(=C/Cl)S(=O)Cc1ccccc1)c1ccccc1. The summed E-state index contributed by atoms with van der Waals surface area (Å²) >= 11 is 5.74. The third-order valence-electron chi connectivity index (χ3n) is 3.36. The van der Waals surface area contributed by atoms with E-state index in [2.05, 4.69) is 5.32 Å². The predicted molar refractivity (Wildman–Crippen MR) is 95.2 cm³/mol. The molecule has 5 heteroatoms. The zero-order valence-electron chi connectivity index (χ0n) is 12.7. The minimum Gasteiger partial charge on any atom is -0.345 e. The fourth-order valence-electron chi connectivity index (χ4n) is 2.10. The van der Waals surface area contributed by atoms with Gasteiger partial charge in [0, 0.05) is 5.54 Å². The highest BCUT2D eigenvalue weighted by atomic mass is 35.5. The van der Waals surface area contributed by atoms with E-state index in [9.17, 15) is 9.00 Å². The van der Waals surface area contributed by atoms with Gasteiger partial charge in [-0.25, -0.2) is 0 Å². The first-order valence-electron chi connectivity index (χ1n) is 7.20. The summed E-state index contributed by atoms with van der Waals surface area (Å²) in [5, 5.41) is 2.83. The number of benzene rings is 2. The summed E-state index contributed by atoms with van der Waals surface area (Å²) in [6, 6.07) is 18.8. The standard InChI is InChI=1S/C18H18ClNO2S/c1-14(16-10-6-3-7-11-16)20-18(21)17(12-19)23(22)13-15-8-4-2-5-9-15/h2-12,14H,13H2,1H3,(H,20,21)/b17-12-/t14-,23?/m1/s1. The first-order chi connectivity index (χ1) is 11.1. The van der Waals surface area contributed by atoms with Gasteiger partial charge in [-0.3, -0.25) is 9.00 Å². The minimum absolute atomic E-state index is 0.0818. The lowest BCUT2D eigenvalue weighted by Crippen LogP contribution is -2.29. The molecule has 0 aromatic heterocycles. The molecular formula is C18H18ClNO2S. The van der Waals surface area contributed by atoms with E-state index in [4.69, 9.17) is 11.6 Å². The normalized spacial score (nSPS) is 14.1. The van der Waals surface area contributed by atoms with E-state index < -0.39 is 16.7 Å². The molecule has 3 nitrogen and oxygen atoms in total. The van der Waals surface area contributed by atoms with Crippen molar-refractivity contribution in [1.82, 2.24) is 5.32 Å². The summed E-state index contributed by atoms with van der Waals surface area (Å²) in [6.07, 6.45) is 0. The number of hydrogen-bond donors (Lipinski definition) is 1. The minimum atomic E-state index is -1.49. The number of rotatable bonds is 6. The van der Waals surface area contributed by atoms with Crippen molar-refractivity contribution in [2.75, 3.05) is 0 Å². The summed E-state index contributed by atoms with van der Waals surface area (Å²) < 4.78 is 12.4. The third kappa shape index (κ3) is 5.05. The quantitative estimate of drug-likeness (QED) is 0.806. The largest absolute Gasteiger partial charge is 0.345 e. The number of halogens is 1. The van der Waals surface area contributed by atoms with Crippen LogP contribution in [0.3, 0.4) is 0 Å². The van der Waals surface area contributed by atoms with Crippen LogP contribution in [0.1, 0.15) is 24.1 Å². The Kier molecular flexibility index (Phi) is 6.56. The summed E-state index contributed by atoms with van der Waals surface area (Å²) in [7, 11) is -1.49. The molecule has 2 rings (SSSR count). The van der Waals surface area contributed by atoms with Gasteiger partial charge < -0.3 is 5.32 Å². The number of nitrogens with one attached hydrogen (secondary N) is 1. The third-order valence-corrected chi connectivity index (χ3v) is 5.09. The number of amides is 1. The highest BCUT2D eigenvalue weighted by Crippen LogP contribution is 2.15. The van der Waals surface area contributed by atoms with Gasteiger partial charge in [-0.1, -0.05) is 72.3 Å². The van der Waals surface area contributed by atoms with E-state index in [0.29, 0.717) is 0 Å². The second-order valence-corrected chi connectivity index (χ2v) is 6.69. The van der Waals surface area contributed by atoms with Crippen LogP contribution in [0.5, 0.6) is 0 Å². The Labute approximate surface area is 143 Å². The molecule has 0 saturated carbocycles. The Morgan fingerprint density at radius 2 is 1.70 bits per heavy atom. The summed E-state index contributed by atoms with van der Waals surface area (Å²) in [4.78, 5) is 12.4. The first kappa shape index (κ1) is 17.4. The number of hydrogen-bond acceptors (Lipinski definition) is 2. The van der Waals surface area contributed by atoms with Crippen LogP contribution in [-0.4, -0.2) is 10.1 Å². The van der Waals surface area contributed by atoms with Crippen molar-refractivity contribution in [3.05, 3.63) is 82.2 Å². The lowest BCUT2D eigenvalue weighted by molar-refractivity contribution is -0.117. The Bertz CT molecular complexity index is 701. The van der Waals surface area contributed by atoms with Gasteiger partial charge in [-0.2, -0.15) is 0 Å². The molecule has 0 radical (unpaired) electrons. The summed E-state index contributed by atoms with van der Waals surface area (Å²) in [5.41, 5.74) is 2.97. The predicted octanol–water partition coefficient (Wildman–Crippen LogP) is 3.89.